The van der Waals surface area contributed by atoms with Gasteiger partial charge in [0.2, 0.25) is 10.0 Å². The first-order valence-corrected chi connectivity index (χ1v) is 11.6. The zero-order valence-corrected chi connectivity index (χ0v) is 18.6. The maximum atomic E-state index is 12.7. The Kier molecular flexibility index (Phi) is 5.10. The van der Waals surface area contributed by atoms with Crippen LogP contribution in [-0.4, -0.2) is 47.3 Å². The fourth-order valence-corrected chi connectivity index (χ4v) is 4.76. The van der Waals surface area contributed by atoms with Gasteiger partial charge in [-0.1, -0.05) is 0 Å². The molecule has 0 radical (unpaired) electrons. The minimum atomic E-state index is -3.42. The molecule has 3 aromatic heterocycles. The first-order chi connectivity index (χ1) is 14.5. The van der Waals surface area contributed by atoms with E-state index < -0.39 is 21.5 Å². The number of pyridine rings is 1. The molecule has 0 atom stereocenters. The number of rotatable bonds is 6. The second-order valence-corrected chi connectivity index (χ2v) is 10.1. The zero-order chi connectivity index (χ0) is 22.4. The number of aromatic nitrogens is 3. The molecule has 162 valence electrons. The van der Waals surface area contributed by atoms with Crippen LogP contribution in [0.5, 0.6) is 0 Å². The van der Waals surface area contributed by atoms with Gasteiger partial charge in [0, 0.05) is 47.0 Å². The van der Waals surface area contributed by atoms with Crippen molar-refractivity contribution in [3.8, 4) is 11.3 Å². The Hall–Kier alpha value is -3.17. The molecule has 0 unspecified atom stereocenters. The van der Waals surface area contributed by atoms with E-state index in [1.807, 2.05) is 42.1 Å². The van der Waals surface area contributed by atoms with Crippen molar-refractivity contribution in [1.29, 1.82) is 0 Å². The summed E-state index contributed by atoms with van der Waals surface area (Å²) in [5, 5.41) is 1.91. The van der Waals surface area contributed by atoms with E-state index >= 15 is 0 Å². The van der Waals surface area contributed by atoms with Crippen molar-refractivity contribution in [2.75, 3.05) is 12.9 Å². The van der Waals surface area contributed by atoms with Crippen LogP contribution in [0, 0.1) is 0 Å². The summed E-state index contributed by atoms with van der Waals surface area (Å²) in [5.74, 6) is -0.515. The van der Waals surface area contributed by atoms with Crippen LogP contribution >= 0.6 is 0 Å². The number of aromatic amines is 1. The van der Waals surface area contributed by atoms with Crippen molar-refractivity contribution >= 4 is 37.9 Å². The van der Waals surface area contributed by atoms with Crippen LogP contribution in [0.1, 0.15) is 24.2 Å². The summed E-state index contributed by atoms with van der Waals surface area (Å²) >= 11 is 0. The molecular formula is C22H24N4O4S. The lowest BCUT2D eigenvalue weighted by molar-refractivity contribution is 0.0420. The molecule has 0 amide bonds. The Morgan fingerprint density at radius 1 is 1.26 bits per heavy atom. The number of H-pyrrole nitrogens is 1. The Labute approximate surface area is 180 Å². The number of hydrogen-bond acceptors (Lipinski definition) is 5. The number of hydrogen-bond donors (Lipinski definition) is 2. The number of sulfonamides is 1. The highest BCUT2D eigenvalue weighted by Gasteiger charge is 2.25. The topological polar surface area (TPSA) is 106 Å². The molecule has 0 aliphatic carbocycles. The molecule has 4 rings (SSSR count). The standard InChI is InChI=1S/C22H24N4O4S/c1-22(2,25-31(4,28)29)13-30-21(27)15-7-8-19-16(10-15)17(12-26(19)3)18-11-14-6-5-9-23-20(14)24-18/h5-12,25H,13H2,1-4H3,(H,23,24). The Morgan fingerprint density at radius 2 is 2.03 bits per heavy atom. The molecule has 4 aromatic rings. The third kappa shape index (κ3) is 4.47. The fourth-order valence-electron chi connectivity index (χ4n) is 3.70. The number of carbonyl (C=O) groups excluding carboxylic acids is 1. The summed E-state index contributed by atoms with van der Waals surface area (Å²) in [6, 6.07) is 11.3. The van der Waals surface area contributed by atoms with E-state index in [1.165, 1.54) is 0 Å². The molecule has 3 heterocycles. The molecule has 9 heteroatoms. The maximum absolute atomic E-state index is 12.7. The van der Waals surface area contributed by atoms with Gasteiger partial charge >= 0.3 is 5.97 Å². The molecule has 0 aliphatic heterocycles. The second-order valence-electron chi connectivity index (χ2n) is 8.34. The minimum absolute atomic E-state index is 0.0910. The van der Waals surface area contributed by atoms with Crippen molar-refractivity contribution in [1.82, 2.24) is 19.3 Å². The lowest BCUT2D eigenvalue weighted by Gasteiger charge is -2.24. The number of carbonyl (C=O) groups is 1. The minimum Gasteiger partial charge on any atom is -0.460 e. The molecule has 2 N–H and O–H groups in total. The molecule has 31 heavy (non-hydrogen) atoms. The van der Waals surface area contributed by atoms with Gasteiger partial charge in [-0.3, -0.25) is 0 Å². The van der Waals surface area contributed by atoms with E-state index in [9.17, 15) is 13.2 Å². The smallest absolute Gasteiger partial charge is 0.338 e. The summed E-state index contributed by atoms with van der Waals surface area (Å²) in [6.45, 7) is 3.22. The monoisotopic (exact) mass is 440 g/mol. The first kappa shape index (κ1) is 21.1. The SMILES string of the molecule is Cn1cc(-c2cc3cccnc3[nH]2)c2cc(C(=O)OCC(C)(C)NS(C)(=O)=O)ccc21. The van der Waals surface area contributed by atoms with E-state index in [2.05, 4.69) is 14.7 Å². The summed E-state index contributed by atoms with van der Waals surface area (Å²) in [6.07, 6.45) is 4.81. The molecular weight excluding hydrogens is 416 g/mol. The largest absolute Gasteiger partial charge is 0.460 e. The highest BCUT2D eigenvalue weighted by Crippen LogP contribution is 2.32. The highest BCUT2D eigenvalue weighted by molar-refractivity contribution is 7.88. The number of nitrogens with zero attached hydrogens (tertiary/aromatic N) is 2. The van der Waals surface area contributed by atoms with Gasteiger partial charge in [0.25, 0.3) is 0 Å². The van der Waals surface area contributed by atoms with Gasteiger partial charge in [0.15, 0.2) is 0 Å². The van der Waals surface area contributed by atoms with Crippen LogP contribution in [0.15, 0.2) is 48.8 Å². The first-order valence-electron chi connectivity index (χ1n) is 9.72. The third-order valence-corrected chi connectivity index (χ3v) is 5.86. The van der Waals surface area contributed by atoms with Gasteiger partial charge in [-0.05, 0) is 50.2 Å². The van der Waals surface area contributed by atoms with E-state index in [1.54, 1.807) is 32.2 Å². The lowest BCUT2D eigenvalue weighted by atomic mass is 10.1. The number of benzene rings is 1. The number of nitrogens with one attached hydrogen (secondary N) is 2. The molecule has 0 spiro atoms. The summed E-state index contributed by atoms with van der Waals surface area (Å²) in [5.41, 5.74) is 3.10. The molecule has 0 bridgehead atoms. The lowest BCUT2D eigenvalue weighted by Crippen LogP contribution is -2.46. The molecule has 0 saturated heterocycles. The van der Waals surface area contributed by atoms with E-state index in [0.29, 0.717) is 5.56 Å². The van der Waals surface area contributed by atoms with Crippen LogP contribution < -0.4 is 4.72 Å². The average Bonchev–Trinajstić information content (AvgIpc) is 3.25. The van der Waals surface area contributed by atoms with E-state index in [-0.39, 0.29) is 6.61 Å². The van der Waals surface area contributed by atoms with Crippen LogP contribution in [0.4, 0.5) is 0 Å². The molecule has 0 saturated carbocycles. The number of aryl methyl sites for hydroxylation is 1. The summed E-state index contributed by atoms with van der Waals surface area (Å²) in [4.78, 5) is 20.3. The number of fused-ring (bicyclic) bond motifs is 2. The van der Waals surface area contributed by atoms with E-state index in [0.717, 1.165) is 39.4 Å². The van der Waals surface area contributed by atoms with Gasteiger partial charge in [-0.25, -0.2) is 22.9 Å². The van der Waals surface area contributed by atoms with Crippen LogP contribution in [0.25, 0.3) is 33.2 Å². The quantitative estimate of drug-likeness (QED) is 0.448. The molecule has 1 aromatic carbocycles. The van der Waals surface area contributed by atoms with Crippen molar-refractivity contribution in [3.63, 3.8) is 0 Å². The van der Waals surface area contributed by atoms with Crippen LogP contribution in [0.3, 0.4) is 0 Å². The normalized spacial score (nSPS) is 12.5. The highest BCUT2D eigenvalue weighted by atomic mass is 32.2. The third-order valence-electron chi connectivity index (χ3n) is 4.93. The summed E-state index contributed by atoms with van der Waals surface area (Å²) in [7, 11) is -1.47. The van der Waals surface area contributed by atoms with Crippen LogP contribution in [-0.2, 0) is 21.8 Å². The van der Waals surface area contributed by atoms with Gasteiger partial charge in [0.1, 0.15) is 12.3 Å². The van der Waals surface area contributed by atoms with Crippen molar-refractivity contribution in [2.24, 2.45) is 7.05 Å². The second kappa shape index (κ2) is 7.51. The number of ether oxygens (including phenoxy) is 1. The average molecular weight is 441 g/mol. The van der Waals surface area contributed by atoms with Crippen molar-refractivity contribution in [2.45, 2.75) is 19.4 Å². The van der Waals surface area contributed by atoms with Gasteiger partial charge < -0.3 is 14.3 Å². The molecule has 0 fully saturated rings. The Balaban J connectivity index is 1.64. The van der Waals surface area contributed by atoms with Crippen LogP contribution in [0.2, 0.25) is 0 Å². The Morgan fingerprint density at radius 3 is 2.74 bits per heavy atom. The van der Waals surface area contributed by atoms with Gasteiger partial charge in [-0.2, -0.15) is 0 Å². The van der Waals surface area contributed by atoms with Crippen molar-refractivity contribution in [3.05, 3.63) is 54.4 Å². The zero-order valence-electron chi connectivity index (χ0n) is 17.8. The predicted octanol–water partition coefficient (Wildman–Crippen LogP) is 3.21. The molecule has 8 nitrogen and oxygen atoms in total. The fraction of sp³-hybridized carbons (Fsp3) is 0.273. The maximum Gasteiger partial charge on any atom is 0.338 e. The predicted molar refractivity (Wildman–Crippen MR) is 120 cm³/mol. The molecule has 0 aliphatic rings. The van der Waals surface area contributed by atoms with Gasteiger partial charge in [-0.15, -0.1) is 0 Å². The van der Waals surface area contributed by atoms with Crippen molar-refractivity contribution < 1.29 is 17.9 Å². The Bertz CT molecular complexity index is 1370. The van der Waals surface area contributed by atoms with E-state index in [4.69, 9.17) is 4.74 Å². The van der Waals surface area contributed by atoms with Gasteiger partial charge in [0.05, 0.1) is 17.4 Å². The summed E-state index contributed by atoms with van der Waals surface area (Å²) < 4.78 is 32.8. The number of esters is 1.